The number of unbranched alkanes of at least 4 members (excludes halogenated alkanes) is 1. The molecule has 0 atom stereocenters. The van der Waals surface area contributed by atoms with E-state index in [0.717, 1.165) is 29.2 Å². The van der Waals surface area contributed by atoms with Gasteiger partial charge >= 0.3 is 0 Å². The van der Waals surface area contributed by atoms with E-state index < -0.39 is 0 Å². The Balaban J connectivity index is 3.28. The summed E-state index contributed by atoms with van der Waals surface area (Å²) in [7, 11) is 1.89. The summed E-state index contributed by atoms with van der Waals surface area (Å²) in [5.74, 6) is 0.904. The first-order chi connectivity index (χ1) is 7.33. The Hall–Kier alpha value is -1.51. The number of aliphatic imine (C=N–C) groups is 1. The molecule has 0 unspecified atom stereocenters. The lowest BCUT2D eigenvalue weighted by Gasteiger charge is -1.97. The maximum absolute atomic E-state index is 4.29. The minimum atomic E-state index is 0.904. The van der Waals surface area contributed by atoms with Gasteiger partial charge in [-0.1, -0.05) is 19.4 Å². The highest BCUT2D eigenvalue weighted by Gasteiger charge is 1.93. The van der Waals surface area contributed by atoms with Crippen molar-refractivity contribution in [1.29, 1.82) is 0 Å². The Bertz CT molecular complexity index is 426. The Labute approximate surface area is 90.6 Å². The van der Waals surface area contributed by atoms with Crippen LogP contribution < -0.4 is 15.9 Å². The molecule has 1 aromatic heterocycles. The van der Waals surface area contributed by atoms with Crippen molar-refractivity contribution in [2.45, 2.75) is 26.7 Å². The van der Waals surface area contributed by atoms with E-state index in [4.69, 9.17) is 0 Å². The summed E-state index contributed by atoms with van der Waals surface area (Å²) in [5.41, 5.74) is 0. The van der Waals surface area contributed by atoms with Gasteiger partial charge in [-0.05, 0) is 19.4 Å². The van der Waals surface area contributed by atoms with Crippen LogP contribution in [0.15, 0.2) is 17.3 Å². The fraction of sp³-hybridized carbons (Fsp3) is 0.417. The van der Waals surface area contributed by atoms with E-state index in [1.807, 2.05) is 26.2 Å². The molecule has 0 saturated heterocycles. The molecular formula is C12H19N3. The van der Waals surface area contributed by atoms with Gasteiger partial charge in [0.2, 0.25) is 0 Å². The Morgan fingerprint density at radius 3 is 3.00 bits per heavy atom. The molecule has 0 fully saturated rings. The van der Waals surface area contributed by atoms with Crippen LogP contribution in [0.1, 0.15) is 26.7 Å². The molecule has 15 heavy (non-hydrogen) atoms. The Morgan fingerprint density at radius 1 is 1.60 bits per heavy atom. The van der Waals surface area contributed by atoms with Crippen molar-refractivity contribution < 1.29 is 0 Å². The van der Waals surface area contributed by atoms with Crippen LogP contribution in [0.4, 0.5) is 0 Å². The average Bonchev–Trinajstić information content (AvgIpc) is 2.71. The van der Waals surface area contributed by atoms with Gasteiger partial charge in [0.15, 0.2) is 0 Å². The number of hydrogen-bond donors (Lipinski definition) is 2. The SMILES string of the molecule is CC=N/C(NC)=c1/cc[nH]/c1=C\CCC. The monoisotopic (exact) mass is 205 g/mol. The van der Waals surface area contributed by atoms with E-state index in [9.17, 15) is 0 Å². The van der Waals surface area contributed by atoms with E-state index in [2.05, 4.69) is 28.3 Å². The first kappa shape index (κ1) is 11.6. The van der Waals surface area contributed by atoms with E-state index in [1.54, 1.807) is 6.21 Å². The van der Waals surface area contributed by atoms with Gasteiger partial charge in [-0.15, -0.1) is 0 Å². The van der Waals surface area contributed by atoms with Gasteiger partial charge in [0.1, 0.15) is 5.82 Å². The molecule has 1 aromatic rings. The molecule has 2 N–H and O–H groups in total. The molecule has 0 amide bonds. The second-order valence-corrected chi connectivity index (χ2v) is 3.28. The van der Waals surface area contributed by atoms with E-state index >= 15 is 0 Å². The quantitative estimate of drug-likeness (QED) is 0.707. The molecule has 82 valence electrons. The van der Waals surface area contributed by atoms with Crippen LogP contribution in [-0.4, -0.2) is 18.2 Å². The molecule has 0 aromatic carbocycles. The molecule has 0 spiro atoms. The van der Waals surface area contributed by atoms with Crippen molar-refractivity contribution in [3.05, 3.63) is 22.8 Å². The van der Waals surface area contributed by atoms with Crippen LogP contribution in [0.3, 0.4) is 0 Å². The van der Waals surface area contributed by atoms with Crippen LogP contribution in [0.2, 0.25) is 0 Å². The van der Waals surface area contributed by atoms with Crippen LogP contribution in [0.25, 0.3) is 11.9 Å². The molecule has 0 radical (unpaired) electrons. The maximum atomic E-state index is 4.29. The number of nitrogens with one attached hydrogen (secondary N) is 2. The number of aromatic nitrogens is 1. The lowest BCUT2D eigenvalue weighted by Crippen LogP contribution is -2.28. The van der Waals surface area contributed by atoms with Crippen molar-refractivity contribution in [1.82, 2.24) is 10.3 Å². The molecule has 0 aliphatic carbocycles. The average molecular weight is 205 g/mol. The summed E-state index contributed by atoms with van der Waals surface area (Å²) in [6.45, 7) is 4.09. The summed E-state index contributed by atoms with van der Waals surface area (Å²) in [4.78, 5) is 7.52. The molecule has 0 saturated carbocycles. The molecule has 0 bridgehead atoms. The molecule has 1 heterocycles. The number of H-pyrrole nitrogens is 1. The standard InChI is InChI=1S/C12H19N3/c1-4-6-7-11-10(8-9-15-11)12(13-3)14-5-2/h5,7-9,13,15H,4,6H2,1-3H3/b11-7-,12-10-,14-5?. The lowest BCUT2D eigenvalue weighted by molar-refractivity contribution is 0.986. The van der Waals surface area contributed by atoms with Gasteiger partial charge < -0.3 is 10.3 Å². The topological polar surface area (TPSA) is 40.2 Å². The second kappa shape index (κ2) is 6.06. The molecular weight excluding hydrogens is 186 g/mol. The van der Waals surface area contributed by atoms with Crippen molar-refractivity contribution >= 4 is 18.1 Å². The maximum Gasteiger partial charge on any atom is 0.134 e. The minimum Gasteiger partial charge on any atom is -0.373 e. The molecule has 1 rings (SSSR count). The fourth-order valence-electron chi connectivity index (χ4n) is 1.44. The van der Waals surface area contributed by atoms with E-state index in [-0.39, 0.29) is 0 Å². The van der Waals surface area contributed by atoms with Crippen LogP contribution >= 0.6 is 0 Å². The number of hydrogen-bond acceptors (Lipinski definition) is 2. The van der Waals surface area contributed by atoms with Gasteiger partial charge in [0.25, 0.3) is 0 Å². The normalized spacial score (nSPS) is 14.7. The summed E-state index contributed by atoms with van der Waals surface area (Å²) in [5, 5.41) is 5.37. The fourth-order valence-corrected chi connectivity index (χ4v) is 1.44. The number of rotatable bonds is 4. The predicted molar refractivity (Wildman–Crippen MR) is 66.0 cm³/mol. The van der Waals surface area contributed by atoms with Crippen LogP contribution in [0, 0.1) is 0 Å². The summed E-state index contributed by atoms with van der Waals surface area (Å²) >= 11 is 0. The number of aromatic amines is 1. The Kier molecular flexibility index (Phi) is 4.68. The number of nitrogens with zero attached hydrogens (tertiary/aromatic N) is 1. The van der Waals surface area contributed by atoms with E-state index in [1.165, 1.54) is 0 Å². The largest absolute Gasteiger partial charge is 0.373 e. The third kappa shape index (κ3) is 2.98. The minimum absolute atomic E-state index is 0.904. The Morgan fingerprint density at radius 2 is 2.40 bits per heavy atom. The first-order valence-electron chi connectivity index (χ1n) is 5.37. The van der Waals surface area contributed by atoms with Crippen LogP contribution in [0.5, 0.6) is 0 Å². The predicted octanol–water partition coefficient (Wildman–Crippen LogP) is 0.971. The van der Waals surface area contributed by atoms with Gasteiger partial charge in [-0.2, -0.15) is 0 Å². The molecule has 3 nitrogen and oxygen atoms in total. The van der Waals surface area contributed by atoms with Crippen molar-refractivity contribution in [2.75, 3.05) is 7.05 Å². The summed E-state index contributed by atoms with van der Waals surface area (Å²) < 4.78 is 0. The highest BCUT2D eigenvalue weighted by molar-refractivity contribution is 5.62. The van der Waals surface area contributed by atoms with Crippen molar-refractivity contribution in [3.63, 3.8) is 0 Å². The lowest BCUT2D eigenvalue weighted by atomic mass is 10.3. The van der Waals surface area contributed by atoms with Crippen molar-refractivity contribution in [2.24, 2.45) is 4.99 Å². The summed E-state index contributed by atoms with van der Waals surface area (Å²) in [6, 6.07) is 2.04. The smallest absolute Gasteiger partial charge is 0.134 e. The molecule has 0 aliphatic heterocycles. The molecule has 3 heteroatoms. The zero-order valence-corrected chi connectivity index (χ0v) is 9.67. The zero-order valence-electron chi connectivity index (χ0n) is 9.67. The van der Waals surface area contributed by atoms with Gasteiger partial charge in [0, 0.05) is 30.0 Å². The zero-order chi connectivity index (χ0) is 11.1. The highest BCUT2D eigenvalue weighted by atomic mass is 15.0. The first-order valence-corrected chi connectivity index (χ1v) is 5.37. The van der Waals surface area contributed by atoms with Crippen LogP contribution in [-0.2, 0) is 0 Å². The van der Waals surface area contributed by atoms with E-state index in [0.29, 0.717) is 0 Å². The second-order valence-electron chi connectivity index (χ2n) is 3.28. The summed E-state index contributed by atoms with van der Waals surface area (Å²) in [6.07, 6.45) is 8.18. The third-order valence-corrected chi connectivity index (χ3v) is 2.17. The molecule has 0 aliphatic rings. The van der Waals surface area contributed by atoms with Gasteiger partial charge in [-0.25, -0.2) is 4.99 Å². The van der Waals surface area contributed by atoms with Gasteiger partial charge in [0.05, 0.1) is 0 Å². The van der Waals surface area contributed by atoms with Gasteiger partial charge in [-0.3, -0.25) is 0 Å². The third-order valence-electron chi connectivity index (χ3n) is 2.17. The van der Waals surface area contributed by atoms with Crippen molar-refractivity contribution in [3.8, 4) is 0 Å². The highest BCUT2D eigenvalue weighted by Crippen LogP contribution is 1.87.